The summed E-state index contributed by atoms with van der Waals surface area (Å²) in [7, 11) is 0. The highest BCUT2D eigenvalue weighted by atomic mass is 19.1. The van der Waals surface area contributed by atoms with Crippen LogP contribution in [0.2, 0.25) is 0 Å². The molecule has 1 N–H and O–H groups in total. The van der Waals surface area contributed by atoms with Gasteiger partial charge in [-0.2, -0.15) is 5.10 Å². The first-order valence-electron chi connectivity index (χ1n) is 12.3. The standard InChI is InChI=1S/C26H29FN8/c1-17(2)33-9-11-34(12-10-33)20-5-3-19(4-6-20)31-26-29-15-22(27)25(32-26)18-13-24-23(28-14-18)16-30-35(24)21-7-8-21/h3-6,13-17,21H,7-12H2,1-2H3,(H,29,31,32). The zero-order valence-corrected chi connectivity index (χ0v) is 20.0. The number of halogens is 1. The fourth-order valence-corrected chi connectivity index (χ4v) is 4.68. The second kappa shape index (κ2) is 8.88. The average molecular weight is 473 g/mol. The maximum atomic E-state index is 14.7. The molecule has 180 valence electrons. The molecule has 35 heavy (non-hydrogen) atoms. The summed E-state index contributed by atoms with van der Waals surface area (Å²) in [4.78, 5) is 18.0. The minimum Gasteiger partial charge on any atom is -0.369 e. The Hall–Kier alpha value is -3.59. The number of nitrogens with zero attached hydrogens (tertiary/aromatic N) is 7. The molecule has 0 bridgehead atoms. The van der Waals surface area contributed by atoms with E-state index in [1.807, 2.05) is 22.9 Å². The van der Waals surface area contributed by atoms with Crippen molar-refractivity contribution in [3.63, 3.8) is 0 Å². The number of aromatic nitrogens is 5. The highest BCUT2D eigenvalue weighted by molar-refractivity contribution is 5.80. The number of pyridine rings is 1. The van der Waals surface area contributed by atoms with Crippen LogP contribution in [0.25, 0.3) is 22.3 Å². The summed E-state index contributed by atoms with van der Waals surface area (Å²) in [5.41, 5.74) is 4.60. The van der Waals surface area contributed by atoms with Crippen LogP contribution in [0.4, 0.5) is 21.7 Å². The predicted molar refractivity (Wildman–Crippen MR) is 135 cm³/mol. The lowest BCUT2D eigenvalue weighted by Gasteiger charge is -2.38. The van der Waals surface area contributed by atoms with Crippen molar-refractivity contribution in [3.8, 4) is 11.3 Å². The molecule has 1 saturated carbocycles. The zero-order valence-electron chi connectivity index (χ0n) is 20.0. The van der Waals surface area contributed by atoms with Gasteiger partial charge >= 0.3 is 0 Å². The summed E-state index contributed by atoms with van der Waals surface area (Å²) in [6.45, 7) is 8.69. The Balaban J connectivity index is 1.19. The van der Waals surface area contributed by atoms with Crippen molar-refractivity contribution in [3.05, 3.63) is 54.7 Å². The quantitative estimate of drug-likeness (QED) is 0.438. The molecule has 6 rings (SSSR count). The van der Waals surface area contributed by atoms with E-state index >= 15 is 0 Å². The molecule has 0 radical (unpaired) electrons. The number of rotatable bonds is 6. The number of fused-ring (bicyclic) bond motifs is 1. The van der Waals surface area contributed by atoms with Gasteiger partial charge in [-0.05, 0) is 57.0 Å². The van der Waals surface area contributed by atoms with Gasteiger partial charge in [0.25, 0.3) is 0 Å². The van der Waals surface area contributed by atoms with Gasteiger partial charge in [-0.3, -0.25) is 14.6 Å². The molecular weight excluding hydrogens is 443 g/mol. The van der Waals surface area contributed by atoms with E-state index in [2.05, 4.69) is 61.1 Å². The SMILES string of the molecule is CC(C)N1CCN(c2ccc(Nc3ncc(F)c(-c4cnc5cnn(C6CC6)c5c4)n3)cc2)CC1. The van der Waals surface area contributed by atoms with Crippen LogP contribution < -0.4 is 10.2 Å². The van der Waals surface area contributed by atoms with E-state index in [1.54, 1.807) is 12.4 Å². The summed E-state index contributed by atoms with van der Waals surface area (Å²) in [5.74, 6) is -0.138. The Morgan fingerprint density at radius 1 is 0.971 bits per heavy atom. The molecule has 1 aromatic carbocycles. The monoisotopic (exact) mass is 472 g/mol. The van der Waals surface area contributed by atoms with E-state index in [-0.39, 0.29) is 5.69 Å². The zero-order chi connectivity index (χ0) is 23.9. The molecule has 2 aliphatic rings. The van der Waals surface area contributed by atoms with Crippen molar-refractivity contribution < 1.29 is 4.39 Å². The van der Waals surface area contributed by atoms with Crippen LogP contribution in [-0.4, -0.2) is 61.9 Å². The lowest BCUT2D eigenvalue weighted by atomic mass is 10.2. The Morgan fingerprint density at radius 2 is 1.74 bits per heavy atom. The van der Waals surface area contributed by atoms with Crippen LogP contribution in [0.1, 0.15) is 32.7 Å². The lowest BCUT2D eigenvalue weighted by molar-refractivity contribution is 0.209. The summed E-state index contributed by atoms with van der Waals surface area (Å²) < 4.78 is 16.7. The van der Waals surface area contributed by atoms with Crippen molar-refractivity contribution in [2.45, 2.75) is 38.8 Å². The fourth-order valence-electron chi connectivity index (χ4n) is 4.68. The third-order valence-electron chi connectivity index (χ3n) is 6.89. The molecule has 1 aliphatic heterocycles. The van der Waals surface area contributed by atoms with Crippen molar-refractivity contribution in [1.82, 2.24) is 29.6 Å². The van der Waals surface area contributed by atoms with Crippen molar-refractivity contribution >= 4 is 28.4 Å². The molecule has 8 nitrogen and oxygen atoms in total. The normalized spacial score (nSPS) is 16.9. The summed E-state index contributed by atoms with van der Waals surface area (Å²) in [5, 5.41) is 7.66. The molecule has 2 fully saturated rings. The van der Waals surface area contributed by atoms with Gasteiger partial charge in [0, 0.05) is 55.4 Å². The third-order valence-corrected chi connectivity index (χ3v) is 6.89. The van der Waals surface area contributed by atoms with Crippen LogP contribution in [0.5, 0.6) is 0 Å². The van der Waals surface area contributed by atoms with Crippen LogP contribution in [0.15, 0.2) is 48.9 Å². The Bertz CT molecular complexity index is 1340. The second-order valence-corrected chi connectivity index (χ2v) is 9.63. The first kappa shape index (κ1) is 21.9. The predicted octanol–water partition coefficient (Wildman–Crippen LogP) is 4.64. The van der Waals surface area contributed by atoms with E-state index in [4.69, 9.17) is 0 Å². The fraction of sp³-hybridized carbons (Fsp3) is 0.385. The molecule has 4 aromatic rings. The number of anilines is 3. The van der Waals surface area contributed by atoms with Gasteiger partial charge in [-0.1, -0.05) is 0 Å². The van der Waals surface area contributed by atoms with Crippen LogP contribution >= 0.6 is 0 Å². The largest absolute Gasteiger partial charge is 0.369 e. The van der Waals surface area contributed by atoms with Gasteiger partial charge in [-0.15, -0.1) is 0 Å². The van der Waals surface area contributed by atoms with Gasteiger partial charge in [-0.25, -0.2) is 14.4 Å². The van der Waals surface area contributed by atoms with Gasteiger partial charge in [0.05, 0.1) is 24.0 Å². The molecule has 0 amide bonds. The number of benzene rings is 1. The molecule has 0 spiro atoms. The molecule has 1 saturated heterocycles. The number of hydrogen-bond acceptors (Lipinski definition) is 7. The number of nitrogens with one attached hydrogen (secondary N) is 1. The lowest BCUT2D eigenvalue weighted by Crippen LogP contribution is -2.48. The summed E-state index contributed by atoms with van der Waals surface area (Å²) in [6, 6.07) is 11.2. The summed E-state index contributed by atoms with van der Waals surface area (Å²) >= 11 is 0. The minimum absolute atomic E-state index is 0.222. The molecule has 1 aliphatic carbocycles. The molecule has 9 heteroatoms. The molecule has 0 unspecified atom stereocenters. The highest BCUT2D eigenvalue weighted by Crippen LogP contribution is 2.37. The van der Waals surface area contributed by atoms with Crippen molar-refractivity contribution in [1.29, 1.82) is 0 Å². The number of piperazine rings is 1. The molecule has 3 aromatic heterocycles. The van der Waals surface area contributed by atoms with E-state index in [1.165, 1.54) is 11.9 Å². The second-order valence-electron chi connectivity index (χ2n) is 9.63. The van der Waals surface area contributed by atoms with E-state index < -0.39 is 5.82 Å². The van der Waals surface area contributed by atoms with Crippen molar-refractivity contribution in [2.75, 3.05) is 36.4 Å². The maximum Gasteiger partial charge on any atom is 0.227 e. The molecule has 0 atom stereocenters. The van der Waals surface area contributed by atoms with E-state index in [9.17, 15) is 4.39 Å². The highest BCUT2D eigenvalue weighted by Gasteiger charge is 2.26. The number of hydrogen-bond donors (Lipinski definition) is 1. The van der Waals surface area contributed by atoms with Crippen LogP contribution in [0, 0.1) is 5.82 Å². The van der Waals surface area contributed by atoms with Crippen LogP contribution in [-0.2, 0) is 0 Å². The maximum absolute atomic E-state index is 14.7. The average Bonchev–Trinajstić information content (AvgIpc) is 3.64. The Labute approximate surface area is 203 Å². The van der Waals surface area contributed by atoms with Gasteiger partial charge < -0.3 is 10.2 Å². The molecular formula is C26H29FN8. The van der Waals surface area contributed by atoms with Gasteiger partial charge in [0.1, 0.15) is 11.2 Å². The Kier molecular flexibility index (Phi) is 5.56. The first-order chi connectivity index (χ1) is 17.0. The van der Waals surface area contributed by atoms with Gasteiger partial charge in [0.15, 0.2) is 5.82 Å². The van der Waals surface area contributed by atoms with E-state index in [0.717, 1.165) is 55.7 Å². The topological polar surface area (TPSA) is 75.0 Å². The summed E-state index contributed by atoms with van der Waals surface area (Å²) in [6.07, 6.45) is 6.84. The first-order valence-corrected chi connectivity index (χ1v) is 12.3. The van der Waals surface area contributed by atoms with Crippen LogP contribution in [0.3, 0.4) is 0 Å². The van der Waals surface area contributed by atoms with Crippen molar-refractivity contribution in [2.24, 2.45) is 0 Å². The Morgan fingerprint density at radius 3 is 2.46 bits per heavy atom. The third kappa shape index (κ3) is 4.43. The molecule has 4 heterocycles. The minimum atomic E-state index is -0.481. The van der Waals surface area contributed by atoms with Gasteiger partial charge in [0.2, 0.25) is 5.95 Å². The smallest absolute Gasteiger partial charge is 0.227 e. The van der Waals surface area contributed by atoms with E-state index in [0.29, 0.717) is 23.6 Å².